The summed E-state index contributed by atoms with van der Waals surface area (Å²) in [5, 5.41) is 0.780. The van der Waals surface area contributed by atoms with Gasteiger partial charge in [-0.05, 0) is 48.2 Å². The van der Waals surface area contributed by atoms with Crippen molar-refractivity contribution < 1.29 is 32.0 Å². The highest BCUT2D eigenvalue weighted by Gasteiger charge is 2.44. The first-order valence-corrected chi connectivity index (χ1v) is 13.3. The number of carbonyl (C=O) groups excluding carboxylic acids is 1. The molecule has 0 radical (unpaired) electrons. The summed E-state index contributed by atoms with van der Waals surface area (Å²) in [6, 6.07) is 8.88. The van der Waals surface area contributed by atoms with Crippen molar-refractivity contribution >= 4 is 39.2 Å². The number of hydrogen-bond acceptors (Lipinski definition) is 7. The van der Waals surface area contributed by atoms with Gasteiger partial charge in [0, 0.05) is 30.7 Å². The molecule has 35 heavy (non-hydrogen) atoms. The molecule has 0 N–H and O–H groups in total. The van der Waals surface area contributed by atoms with Crippen LogP contribution in [0, 0.1) is 0 Å². The maximum absolute atomic E-state index is 13.2. The van der Waals surface area contributed by atoms with Crippen molar-refractivity contribution in [3.8, 4) is 17.2 Å². The van der Waals surface area contributed by atoms with Gasteiger partial charge in [0.05, 0.1) is 41.5 Å². The highest BCUT2D eigenvalue weighted by molar-refractivity contribution is 7.85. The third-order valence-corrected chi connectivity index (χ3v) is 7.79. The van der Waals surface area contributed by atoms with Crippen molar-refractivity contribution in [2.24, 2.45) is 0 Å². The van der Waals surface area contributed by atoms with E-state index in [9.17, 15) is 17.8 Å². The van der Waals surface area contributed by atoms with E-state index in [-0.39, 0.29) is 18.7 Å². The van der Waals surface area contributed by atoms with Gasteiger partial charge >= 0.3 is 0 Å². The van der Waals surface area contributed by atoms with Crippen LogP contribution in [0.2, 0.25) is 10.0 Å². The van der Waals surface area contributed by atoms with Gasteiger partial charge in [-0.3, -0.25) is 4.79 Å². The van der Waals surface area contributed by atoms with Gasteiger partial charge < -0.3 is 23.7 Å². The predicted molar refractivity (Wildman–Crippen MR) is 133 cm³/mol. The van der Waals surface area contributed by atoms with Crippen LogP contribution < -0.4 is 14.2 Å². The second kappa shape index (κ2) is 11.2. The van der Waals surface area contributed by atoms with Crippen molar-refractivity contribution in [2.75, 3.05) is 33.6 Å². The van der Waals surface area contributed by atoms with E-state index in [1.165, 1.54) is 21.3 Å². The van der Waals surface area contributed by atoms with Gasteiger partial charge in [-0.25, -0.2) is 8.42 Å². The molecule has 1 aliphatic rings. The van der Waals surface area contributed by atoms with E-state index in [0.717, 1.165) is 11.1 Å². The number of likely N-dealkylation sites (tertiary alicyclic amines) is 1. The lowest BCUT2D eigenvalue weighted by atomic mass is 9.75. The lowest BCUT2D eigenvalue weighted by Crippen LogP contribution is -2.31. The molecule has 1 fully saturated rings. The Labute approximate surface area is 215 Å². The van der Waals surface area contributed by atoms with Crippen molar-refractivity contribution in [3.63, 3.8) is 0 Å². The second-order valence-electron chi connectivity index (χ2n) is 8.59. The molecule has 11 heteroatoms. The van der Waals surface area contributed by atoms with E-state index < -0.39 is 21.3 Å². The minimum Gasteiger partial charge on any atom is -0.748 e. The van der Waals surface area contributed by atoms with Crippen LogP contribution in [0.5, 0.6) is 17.2 Å². The number of ether oxygens (including phenoxy) is 3. The lowest BCUT2D eigenvalue weighted by Gasteiger charge is -2.30. The number of unbranched alkanes of at least 4 members (excludes halogenated alkanes) is 1. The Morgan fingerprint density at radius 2 is 1.66 bits per heavy atom. The van der Waals surface area contributed by atoms with Crippen LogP contribution >= 0.6 is 23.2 Å². The number of benzene rings is 2. The summed E-state index contributed by atoms with van der Waals surface area (Å²) < 4.78 is 49.3. The molecule has 2 aromatic rings. The Morgan fingerprint density at radius 3 is 2.20 bits per heavy atom. The van der Waals surface area contributed by atoms with Crippen LogP contribution in [-0.2, 0) is 26.9 Å². The minimum absolute atomic E-state index is 0.0544. The number of halogens is 2. The third-order valence-electron chi connectivity index (χ3n) is 6.27. The first-order chi connectivity index (χ1) is 16.5. The molecule has 1 atom stereocenters. The van der Waals surface area contributed by atoms with Gasteiger partial charge in [0.2, 0.25) is 11.7 Å². The zero-order valence-corrected chi connectivity index (χ0v) is 22.1. The molecule has 1 heterocycles. The summed E-state index contributed by atoms with van der Waals surface area (Å²) in [7, 11) is 0.278. The average Bonchev–Trinajstić information content (AvgIpc) is 3.13. The van der Waals surface area contributed by atoms with Crippen molar-refractivity contribution in [2.45, 2.75) is 37.6 Å². The first-order valence-electron chi connectivity index (χ1n) is 11.0. The number of carbonyl (C=O) groups is 1. The van der Waals surface area contributed by atoms with Gasteiger partial charge in [0.1, 0.15) is 0 Å². The fraction of sp³-hybridized carbons (Fsp3) is 0.458. The number of nitrogens with zero attached hydrogens (tertiary/aromatic N) is 1. The molecule has 8 nitrogen and oxygen atoms in total. The molecule has 192 valence electrons. The molecule has 2 aromatic carbocycles. The first kappa shape index (κ1) is 27.4. The summed E-state index contributed by atoms with van der Waals surface area (Å²) in [6.07, 6.45) is 1.42. The van der Waals surface area contributed by atoms with E-state index in [2.05, 4.69) is 0 Å². The molecule has 0 aliphatic carbocycles. The Morgan fingerprint density at radius 1 is 1.00 bits per heavy atom. The largest absolute Gasteiger partial charge is 0.748 e. The van der Waals surface area contributed by atoms with Crippen LogP contribution in [0.1, 0.15) is 36.8 Å². The molecule has 0 aromatic heterocycles. The summed E-state index contributed by atoms with van der Waals surface area (Å²) in [6.45, 7) is 0.706. The highest BCUT2D eigenvalue weighted by Crippen LogP contribution is 2.43. The van der Waals surface area contributed by atoms with E-state index in [4.69, 9.17) is 37.4 Å². The summed E-state index contributed by atoms with van der Waals surface area (Å²) >= 11 is 12.4. The molecule has 1 aliphatic heterocycles. The Hall–Kier alpha value is -2.20. The molecule has 0 bridgehead atoms. The van der Waals surface area contributed by atoms with E-state index in [0.29, 0.717) is 53.2 Å². The molecule has 0 saturated carbocycles. The SMILES string of the molecule is COc1cc(CN2CC(CCCCS(=O)(=O)[O-])(c3ccc(Cl)c(Cl)c3)CC2=O)cc(OC)c1OC. The van der Waals surface area contributed by atoms with E-state index in [1.807, 2.05) is 6.07 Å². The third kappa shape index (κ3) is 6.52. The topological polar surface area (TPSA) is 105 Å². The van der Waals surface area contributed by atoms with E-state index >= 15 is 0 Å². The Kier molecular flexibility index (Phi) is 8.80. The fourth-order valence-electron chi connectivity index (χ4n) is 4.58. The Balaban J connectivity index is 1.89. The van der Waals surface area contributed by atoms with Crippen LogP contribution in [0.3, 0.4) is 0 Å². The second-order valence-corrected chi connectivity index (χ2v) is 10.9. The van der Waals surface area contributed by atoms with Crippen LogP contribution in [0.15, 0.2) is 30.3 Å². The van der Waals surface area contributed by atoms with Crippen molar-refractivity contribution in [3.05, 3.63) is 51.5 Å². The smallest absolute Gasteiger partial charge is 0.223 e. The number of amides is 1. The van der Waals surface area contributed by atoms with Crippen LogP contribution in [-0.4, -0.2) is 57.4 Å². The van der Waals surface area contributed by atoms with Gasteiger partial charge in [0.25, 0.3) is 0 Å². The number of methoxy groups -OCH3 is 3. The maximum atomic E-state index is 13.2. The zero-order chi connectivity index (χ0) is 25.8. The predicted octanol–water partition coefficient (Wildman–Crippen LogP) is 4.41. The number of rotatable bonds is 11. The summed E-state index contributed by atoms with van der Waals surface area (Å²) in [4.78, 5) is 14.9. The monoisotopic (exact) mass is 544 g/mol. The average molecular weight is 545 g/mol. The minimum atomic E-state index is -4.30. The van der Waals surface area contributed by atoms with Gasteiger partial charge in [-0.15, -0.1) is 0 Å². The molecular weight excluding hydrogens is 517 g/mol. The van der Waals surface area contributed by atoms with E-state index in [1.54, 1.807) is 29.2 Å². The standard InChI is InChI=1S/C24H29Cl2NO7S/c1-32-20-10-16(11-21(33-2)23(20)34-3)14-27-15-24(13-22(27)28,8-4-5-9-35(29,30)31)17-6-7-18(25)19(26)12-17/h6-7,10-12H,4-5,8-9,13-15H2,1-3H3,(H,29,30,31)/p-1. The van der Waals surface area contributed by atoms with Crippen molar-refractivity contribution in [1.29, 1.82) is 0 Å². The molecule has 3 rings (SSSR count). The molecular formula is C24H28Cl2NO7S-. The van der Waals surface area contributed by atoms with Gasteiger partial charge in [-0.2, -0.15) is 0 Å². The lowest BCUT2D eigenvalue weighted by molar-refractivity contribution is -0.128. The van der Waals surface area contributed by atoms with Gasteiger partial charge in [0.15, 0.2) is 11.5 Å². The number of hydrogen-bond donors (Lipinski definition) is 0. The van der Waals surface area contributed by atoms with Crippen LogP contribution in [0.25, 0.3) is 0 Å². The molecule has 0 spiro atoms. The van der Waals surface area contributed by atoms with Crippen molar-refractivity contribution in [1.82, 2.24) is 4.90 Å². The highest BCUT2D eigenvalue weighted by atomic mass is 35.5. The zero-order valence-electron chi connectivity index (χ0n) is 19.8. The Bertz CT molecular complexity index is 1160. The normalized spacial score (nSPS) is 18.1. The fourth-order valence-corrected chi connectivity index (χ4v) is 5.43. The molecule has 1 saturated heterocycles. The summed E-state index contributed by atoms with van der Waals surface area (Å²) in [5.41, 5.74) is 1.05. The van der Waals surface area contributed by atoms with Crippen LogP contribution in [0.4, 0.5) is 0 Å². The molecule has 1 amide bonds. The summed E-state index contributed by atoms with van der Waals surface area (Å²) in [5.74, 6) is 0.950. The maximum Gasteiger partial charge on any atom is 0.223 e. The molecule has 1 unspecified atom stereocenters. The quantitative estimate of drug-likeness (QED) is 0.304. The van der Waals surface area contributed by atoms with Gasteiger partial charge in [-0.1, -0.05) is 35.7 Å².